The Labute approximate surface area is 318 Å². The number of rotatable bonds is 2. The molecule has 0 amide bonds. The van der Waals surface area contributed by atoms with E-state index in [0.717, 1.165) is 0 Å². The molecule has 2 nitrogen and oxygen atoms in total. The monoisotopic (exact) mass is 700 g/mol. The third-order valence-electron chi connectivity index (χ3n) is 14.5. The molecule has 0 atom stereocenters. The third-order valence-corrected chi connectivity index (χ3v) is 14.5. The van der Waals surface area contributed by atoms with E-state index in [0.29, 0.717) is 0 Å². The first-order chi connectivity index (χ1) is 26.3. The lowest BCUT2D eigenvalue weighted by molar-refractivity contribution is 0.578. The largest absolute Gasteiger partial charge is 0.372 e. The highest BCUT2D eigenvalue weighted by atomic mass is 15.1. The van der Waals surface area contributed by atoms with E-state index >= 15 is 0 Å². The van der Waals surface area contributed by atoms with Gasteiger partial charge in [-0.05, 0) is 185 Å². The van der Waals surface area contributed by atoms with Crippen LogP contribution in [0.1, 0.15) is 88.5 Å². The van der Waals surface area contributed by atoms with Crippen LogP contribution in [0.3, 0.4) is 0 Å². The van der Waals surface area contributed by atoms with E-state index in [-0.39, 0.29) is 10.8 Å². The van der Waals surface area contributed by atoms with Crippen LogP contribution in [0.5, 0.6) is 0 Å². The molecule has 266 valence electrons. The molecule has 0 aromatic heterocycles. The molecule has 0 spiro atoms. The van der Waals surface area contributed by atoms with Crippen LogP contribution in [0, 0.1) is 0 Å². The van der Waals surface area contributed by atoms with Gasteiger partial charge in [-0.1, -0.05) is 76.2 Å². The van der Waals surface area contributed by atoms with E-state index in [4.69, 9.17) is 0 Å². The average molecular weight is 701 g/mol. The highest BCUT2D eigenvalue weighted by Crippen LogP contribution is 2.61. The van der Waals surface area contributed by atoms with Gasteiger partial charge in [0, 0.05) is 48.4 Å². The number of fused-ring (bicyclic) bond motifs is 12. The van der Waals surface area contributed by atoms with E-state index in [2.05, 4.69) is 135 Å². The minimum absolute atomic E-state index is 0.132. The van der Waals surface area contributed by atoms with Gasteiger partial charge in [0.05, 0.1) is 0 Å². The summed E-state index contributed by atoms with van der Waals surface area (Å²) in [6.07, 6.45) is 7.90. The summed E-state index contributed by atoms with van der Waals surface area (Å²) >= 11 is 0. The molecule has 2 aliphatic carbocycles. The van der Waals surface area contributed by atoms with Gasteiger partial charge in [-0.3, -0.25) is 0 Å². The maximum absolute atomic E-state index is 2.59. The Morgan fingerprint density at radius 2 is 0.815 bits per heavy atom. The molecule has 0 saturated carbocycles. The smallest absolute Gasteiger partial charge is 0.0372 e. The Kier molecular flexibility index (Phi) is 6.25. The Bertz CT molecular complexity index is 2700. The summed E-state index contributed by atoms with van der Waals surface area (Å²) in [5.74, 6) is 0. The zero-order valence-electron chi connectivity index (χ0n) is 32.2. The summed E-state index contributed by atoms with van der Waals surface area (Å²) in [5, 5.41) is 14.0. The van der Waals surface area contributed by atoms with Gasteiger partial charge in [-0.25, -0.2) is 0 Å². The minimum atomic E-state index is -0.132. The van der Waals surface area contributed by atoms with Crippen molar-refractivity contribution >= 4 is 65.2 Å². The first-order valence-corrected chi connectivity index (χ1v) is 20.7. The van der Waals surface area contributed by atoms with Crippen molar-refractivity contribution in [1.82, 2.24) is 0 Å². The van der Waals surface area contributed by atoms with Crippen LogP contribution in [0.25, 0.3) is 76.1 Å². The van der Waals surface area contributed by atoms with Gasteiger partial charge in [0.1, 0.15) is 0 Å². The highest BCUT2D eigenvalue weighted by Gasteiger charge is 2.43. The number of piperidine rings is 2. The standard InChI is InChI=1S/C52H48N2/c1-51(2)43-29-33-25-35(53-21-7-5-8-22-53)19-17-31(33)27-41(43)47-37-13-12-16-40-46(37)45-38(14-11-15-39(45)49(47)51)48-42-28-32-18-20-36(54-23-9-6-10-24-54)26-34(32)30-44(42)52(3,4)50(40)48/h11-20,25-30H,5-10,21-24H2,1-4H3. The van der Waals surface area contributed by atoms with Gasteiger partial charge in [0.2, 0.25) is 0 Å². The van der Waals surface area contributed by atoms with Crippen LogP contribution in [0.4, 0.5) is 11.4 Å². The second-order valence-corrected chi connectivity index (χ2v) is 18.2. The van der Waals surface area contributed by atoms with Crippen LogP contribution in [0.15, 0.2) is 97.1 Å². The summed E-state index contributed by atoms with van der Waals surface area (Å²) in [7, 11) is 0. The molecule has 2 heterocycles. The van der Waals surface area contributed by atoms with Crippen molar-refractivity contribution in [2.24, 2.45) is 0 Å². The maximum atomic E-state index is 2.59. The molecule has 0 unspecified atom stereocenters. The minimum Gasteiger partial charge on any atom is -0.372 e. The Morgan fingerprint density at radius 3 is 1.24 bits per heavy atom. The molecule has 8 aromatic rings. The van der Waals surface area contributed by atoms with Gasteiger partial charge in [-0.15, -0.1) is 0 Å². The van der Waals surface area contributed by atoms with Gasteiger partial charge >= 0.3 is 0 Å². The zero-order chi connectivity index (χ0) is 36.1. The molecule has 2 heteroatoms. The molecule has 12 rings (SSSR count). The van der Waals surface area contributed by atoms with Crippen LogP contribution >= 0.6 is 0 Å². The summed E-state index contributed by atoms with van der Waals surface area (Å²) in [5.41, 5.74) is 14.2. The predicted molar refractivity (Wildman–Crippen MR) is 232 cm³/mol. The van der Waals surface area contributed by atoms with Crippen molar-refractivity contribution in [3.63, 3.8) is 0 Å². The molecule has 0 bridgehead atoms. The fourth-order valence-electron chi connectivity index (χ4n) is 11.9. The lowest BCUT2D eigenvalue weighted by Crippen LogP contribution is -2.29. The average Bonchev–Trinajstić information content (AvgIpc) is 3.58. The van der Waals surface area contributed by atoms with Crippen molar-refractivity contribution in [3.05, 3.63) is 119 Å². The molecular formula is C52H48N2. The van der Waals surface area contributed by atoms with Crippen LogP contribution < -0.4 is 9.80 Å². The van der Waals surface area contributed by atoms with Gasteiger partial charge in [0.15, 0.2) is 0 Å². The van der Waals surface area contributed by atoms with Crippen molar-refractivity contribution < 1.29 is 0 Å². The van der Waals surface area contributed by atoms with E-state index in [1.54, 1.807) is 0 Å². The first-order valence-electron chi connectivity index (χ1n) is 20.7. The lowest BCUT2D eigenvalue weighted by atomic mass is 9.75. The van der Waals surface area contributed by atoms with E-state index in [9.17, 15) is 0 Å². The van der Waals surface area contributed by atoms with Crippen molar-refractivity contribution in [2.75, 3.05) is 36.0 Å². The Balaban J connectivity index is 1.11. The SMILES string of the molecule is CC1(C)c2cc3cc(N4CCCCC4)ccc3cc2-c2c1c1cccc3c4c(c5cccc2c5c31)C(C)(C)c1cc2cc(N3CCCCC3)ccc2cc1-4. The summed E-state index contributed by atoms with van der Waals surface area (Å²) in [6, 6.07) is 39.0. The summed E-state index contributed by atoms with van der Waals surface area (Å²) in [4.78, 5) is 5.19. The molecule has 0 N–H and O–H groups in total. The van der Waals surface area contributed by atoms with Crippen molar-refractivity contribution in [2.45, 2.75) is 77.0 Å². The quantitative estimate of drug-likeness (QED) is 0.166. The van der Waals surface area contributed by atoms with Crippen molar-refractivity contribution in [3.8, 4) is 22.3 Å². The maximum Gasteiger partial charge on any atom is 0.0372 e. The Hall–Kier alpha value is -5.08. The van der Waals surface area contributed by atoms with E-state index in [1.165, 1.54) is 174 Å². The molecular weight excluding hydrogens is 653 g/mol. The van der Waals surface area contributed by atoms with Crippen LogP contribution in [-0.2, 0) is 10.8 Å². The van der Waals surface area contributed by atoms with Gasteiger partial charge in [0.25, 0.3) is 0 Å². The second-order valence-electron chi connectivity index (χ2n) is 18.2. The number of hydrogen-bond donors (Lipinski definition) is 0. The second kappa shape index (κ2) is 10.8. The molecule has 4 aliphatic rings. The molecule has 0 radical (unpaired) electrons. The topological polar surface area (TPSA) is 6.48 Å². The van der Waals surface area contributed by atoms with E-state index in [1.807, 2.05) is 0 Å². The molecule has 2 aliphatic heterocycles. The fourth-order valence-corrected chi connectivity index (χ4v) is 11.9. The molecule has 2 saturated heterocycles. The van der Waals surface area contributed by atoms with Crippen molar-refractivity contribution in [1.29, 1.82) is 0 Å². The molecule has 2 fully saturated rings. The number of nitrogens with zero attached hydrogens (tertiary/aromatic N) is 2. The van der Waals surface area contributed by atoms with Crippen LogP contribution in [-0.4, -0.2) is 26.2 Å². The highest BCUT2D eigenvalue weighted by molar-refractivity contribution is 6.33. The third kappa shape index (κ3) is 4.02. The first kappa shape index (κ1) is 31.3. The molecule has 8 aromatic carbocycles. The zero-order valence-corrected chi connectivity index (χ0v) is 32.2. The van der Waals surface area contributed by atoms with Gasteiger partial charge in [-0.2, -0.15) is 0 Å². The van der Waals surface area contributed by atoms with Gasteiger partial charge < -0.3 is 9.80 Å². The Morgan fingerprint density at radius 1 is 0.407 bits per heavy atom. The molecule has 54 heavy (non-hydrogen) atoms. The lowest BCUT2D eigenvalue weighted by Gasteiger charge is -2.29. The van der Waals surface area contributed by atoms with E-state index < -0.39 is 0 Å². The van der Waals surface area contributed by atoms with Crippen LogP contribution in [0.2, 0.25) is 0 Å². The fraction of sp³-hybridized carbons (Fsp3) is 0.308. The number of anilines is 2. The summed E-state index contributed by atoms with van der Waals surface area (Å²) < 4.78 is 0. The predicted octanol–water partition coefficient (Wildman–Crippen LogP) is 13.5. The number of hydrogen-bond acceptors (Lipinski definition) is 2. The summed E-state index contributed by atoms with van der Waals surface area (Å²) in [6.45, 7) is 14.6. The number of benzene rings is 8. The normalized spacial score (nSPS) is 18.6.